The van der Waals surface area contributed by atoms with Gasteiger partial charge >= 0.3 is 5.97 Å². The molecule has 1 amide bonds. The zero-order valence-electron chi connectivity index (χ0n) is 12.1. The van der Waals surface area contributed by atoms with Crippen LogP contribution in [0.3, 0.4) is 0 Å². The van der Waals surface area contributed by atoms with Gasteiger partial charge in [-0.1, -0.05) is 29.1 Å². The summed E-state index contributed by atoms with van der Waals surface area (Å²) in [5, 5.41) is 11.1. The summed E-state index contributed by atoms with van der Waals surface area (Å²) in [6, 6.07) is 1.40. The lowest BCUT2D eigenvalue weighted by atomic mass is 9.96. The van der Waals surface area contributed by atoms with Gasteiger partial charge in [0.25, 0.3) is 0 Å². The minimum atomic E-state index is -1.24. The number of nitrogens with zero attached hydrogens (tertiary/aromatic N) is 2. The van der Waals surface area contributed by atoms with Crippen LogP contribution in [0.2, 0.25) is 0 Å². The van der Waals surface area contributed by atoms with E-state index in [9.17, 15) is 19.2 Å². The highest BCUT2D eigenvalue weighted by molar-refractivity contribution is 8.24. The molecule has 0 radical (unpaired) electrons. The summed E-state index contributed by atoms with van der Waals surface area (Å²) in [7, 11) is 0. The van der Waals surface area contributed by atoms with Crippen molar-refractivity contribution < 1.29 is 28.8 Å². The Balaban J connectivity index is 2.14. The Morgan fingerprint density at radius 3 is 2.70 bits per heavy atom. The Morgan fingerprint density at radius 2 is 2.17 bits per heavy atom. The number of carboxylic acid groups (broad SMARTS) is 1. The van der Waals surface area contributed by atoms with E-state index in [1.54, 1.807) is 6.92 Å². The first kappa shape index (κ1) is 17.3. The highest BCUT2D eigenvalue weighted by Gasteiger charge is 2.45. The number of carbonyl (C=O) groups excluding carboxylic acids is 3. The number of aryl methyl sites for hydroxylation is 1. The Labute approximate surface area is 140 Å². The minimum absolute atomic E-state index is 0.00547. The van der Waals surface area contributed by atoms with Crippen molar-refractivity contribution in [3.05, 3.63) is 17.5 Å². The molecule has 2 heterocycles. The molecule has 0 aromatic carbocycles. The maximum Gasteiger partial charge on any atom is 0.323 e. The van der Waals surface area contributed by atoms with Crippen molar-refractivity contribution >= 4 is 51.7 Å². The number of rotatable bonds is 6. The highest BCUT2D eigenvalue weighted by Crippen LogP contribution is 2.30. The van der Waals surface area contributed by atoms with Crippen LogP contribution in [-0.2, 0) is 14.4 Å². The van der Waals surface area contributed by atoms with E-state index in [0.29, 0.717) is 5.69 Å². The van der Waals surface area contributed by atoms with Crippen LogP contribution < -0.4 is 0 Å². The number of thiocarbonyl (C=S) groups is 1. The number of amides is 1. The summed E-state index contributed by atoms with van der Waals surface area (Å²) < 4.78 is 4.83. The molecule has 0 aliphatic carbocycles. The van der Waals surface area contributed by atoms with E-state index < -0.39 is 41.2 Å². The number of thioether (sulfide) groups is 1. The smallest absolute Gasteiger partial charge is 0.323 e. The Kier molecular flexibility index (Phi) is 4.95. The largest absolute Gasteiger partial charge is 0.480 e. The van der Waals surface area contributed by atoms with E-state index >= 15 is 0 Å². The van der Waals surface area contributed by atoms with Crippen molar-refractivity contribution in [2.75, 3.05) is 6.54 Å². The topological polar surface area (TPSA) is 118 Å². The Morgan fingerprint density at radius 1 is 1.52 bits per heavy atom. The van der Waals surface area contributed by atoms with Gasteiger partial charge in [0.05, 0.1) is 11.6 Å². The van der Waals surface area contributed by atoms with E-state index in [1.165, 1.54) is 13.0 Å². The maximum absolute atomic E-state index is 12.4. The molecule has 1 aromatic heterocycles. The van der Waals surface area contributed by atoms with Gasteiger partial charge in [0.15, 0.2) is 5.78 Å². The van der Waals surface area contributed by atoms with Crippen LogP contribution in [-0.4, -0.2) is 54.7 Å². The van der Waals surface area contributed by atoms with Gasteiger partial charge in [0.2, 0.25) is 17.5 Å². The second-order valence-electron chi connectivity index (χ2n) is 4.90. The Bertz CT molecular complexity index is 713. The fourth-order valence-electron chi connectivity index (χ4n) is 1.95. The van der Waals surface area contributed by atoms with E-state index in [4.69, 9.17) is 21.8 Å². The molecule has 2 rings (SSSR count). The molecule has 8 nitrogen and oxygen atoms in total. The molecule has 1 saturated heterocycles. The second kappa shape index (κ2) is 6.59. The van der Waals surface area contributed by atoms with Crippen LogP contribution in [0, 0.1) is 12.8 Å². The molecule has 10 heteroatoms. The van der Waals surface area contributed by atoms with Crippen molar-refractivity contribution in [1.82, 2.24) is 10.1 Å². The van der Waals surface area contributed by atoms with Crippen LogP contribution in [0.25, 0.3) is 0 Å². The number of aromatic nitrogens is 1. The lowest BCUT2D eigenvalue weighted by Gasteiger charge is -2.13. The van der Waals surface area contributed by atoms with Crippen LogP contribution in [0.1, 0.15) is 23.2 Å². The van der Waals surface area contributed by atoms with Crippen LogP contribution >= 0.6 is 24.0 Å². The summed E-state index contributed by atoms with van der Waals surface area (Å²) >= 11 is 5.69. The molecule has 1 N–H and O–H groups in total. The van der Waals surface area contributed by atoms with E-state index in [2.05, 4.69) is 5.16 Å². The zero-order chi connectivity index (χ0) is 17.3. The van der Waals surface area contributed by atoms with Crippen molar-refractivity contribution in [3.63, 3.8) is 0 Å². The average Bonchev–Trinajstić information content (AvgIpc) is 3.03. The number of ketones is 2. The van der Waals surface area contributed by atoms with Crippen molar-refractivity contribution in [2.45, 2.75) is 19.1 Å². The van der Waals surface area contributed by atoms with Crippen LogP contribution in [0.15, 0.2) is 10.6 Å². The summed E-state index contributed by atoms with van der Waals surface area (Å²) in [6.45, 7) is 2.38. The van der Waals surface area contributed by atoms with Gasteiger partial charge in [0.1, 0.15) is 16.1 Å². The van der Waals surface area contributed by atoms with Crippen molar-refractivity contribution in [2.24, 2.45) is 5.92 Å². The number of Topliss-reactive ketones (excluding diaryl/α,β-unsaturated/α-hetero) is 2. The quantitative estimate of drug-likeness (QED) is 0.446. The number of carboxylic acids is 1. The first-order valence-electron chi connectivity index (χ1n) is 6.47. The van der Waals surface area contributed by atoms with Gasteiger partial charge < -0.3 is 9.63 Å². The molecule has 1 aliphatic heterocycles. The van der Waals surface area contributed by atoms with Gasteiger partial charge in [-0.2, -0.15) is 0 Å². The fraction of sp³-hybridized carbons (Fsp3) is 0.385. The molecule has 122 valence electrons. The molecule has 1 aliphatic rings. The molecular weight excluding hydrogens is 344 g/mol. The predicted molar refractivity (Wildman–Crippen MR) is 83.1 cm³/mol. The molecule has 1 fully saturated rings. The number of hydrogen-bond acceptors (Lipinski definition) is 8. The molecule has 2 atom stereocenters. The van der Waals surface area contributed by atoms with E-state index in [1.807, 2.05) is 0 Å². The minimum Gasteiger partial charge on any atom is -0.480 e. The second-order valence-corrected chi connectivity index (χ2v) is 6.64. The monoisotopic (exact) mass is 356 g/mol. The molecule has 0 spiro atoms. The molecule has 1 aromatic rings. The fourth-order valence-corrected chi connectivity index (χ4v) is 3.43. The number of carbonyl (C=O) groups is 4. The third kappa shape index (κ3) is 3.48. The normalized spacial score (nSPS) is 19.0. The predicted octanol–water partition coefficient (Wildman–Crippen LogP) is 0.684. The first-order valence-corrected chi connectivity index (χ1v) is 7.76. The van der Waals surface area contributed by atoms with E-state index in [-0.39, 0.29) is 10.1 Å². The molecule has 2 unspecified atom stereocenters. The van der Waals surface area contributed by atoms with Crippen LogP contribution in [0.5, 0.6) is 0 Å². The Hall–Kier alpha value is -2.07. The molecular formula is C13H12N2O6S2. The third-order valence-electron chi connectivity index (χ3n) is 3.17. The lowest BCUT2D eigenvalue weighted by Crippen LogP contribution is -2.40. The standard InChI is InChI=1S/C13H12N2O6S2/c1-5-3-7(21-14-5)9(18)6(2)10(19)11-12(20)15(4-8(16)17)13(22)23-11/h3,6,11H,4H2,1-2H3,(H,16,17). The number of aliphatic carboxylic acids is 1. The van der Waals surface area contributed by atoms with Crippen LogP contribution in [0.4, 0.5) is 0 Å². The maximum atomic E-state index is 12.4. The average molecular weight is 356 g/mol. The summed E-state index contributed by atoms with van der Waals surface area (Å²) in [6.07, 6.45) is 0. The van der Waals surface area contributed by atoms with Crippen molar-refractivity contribution in [3.8, 4) is 0 Å². The highest BCUT2D eigenvalue weighted by atomic mass is 32.2. The van der Waals surface area contributed by atoms with Crippen molar-refractivity contribution in [1.29, 1.82) is 0 Å². The lowest BCUT2D eigenvalue weighted by molar-refractivity contribution is -0.142. The molecule has 0 bridgehead atoms. The summed E-state index contributed by atoms with van der Waals surface area (Å²) in [5.41, 5.74) is 0.494. The van der Waals surface area contributed by atoms with E-state index in [0.717, 1.165) is 16.7 Å². The summed E-state index contributed by atoms with van der Waals surface area (Å²) in [4.78, 5) is 48.3. The number of hydrogen-bond donors (Lipinski definition) is 1. The SMILES string of the molecule is Cc1cc(C(=O)C(C)C(=O)C2SC(=S)N(CC(=O)O)C2=O)on1. The molecule has 23 heavy (non-hydrogen) atoms. The van der Waals surface area contributed by atoms with Gasteiger partial charge in [0, 0.05) is 6.07 Å². The van der Waals surface area contributed by atoms with Gasteiger partial charge in [-0.25, -0.2) is 0 Å². The zero-order valence-corrected chi connectivity index (χ0v) is 13.8. The van der Waals surface area contributed by atoms with Gasteiger partial charge in [-0.15, -0.1) is 0 Å². The van der Waals surface area contributed by atoms with Gasteiger partial charge in [-0.05, 0) is 13.8 Å². The summed E-state index contributed by atoms with van der Waals surface area (Å²) in [5.74, 6) is -4.39. The third-order valence-corrected chi connectivity index (χ3v) is 4.77. The molecule has 0 saturated carbocycles. The first-order chi connectivity index (χ1) is 10.7. The van der Waals surface area contributed by atoms with Gasteiger partial charge in [-0.3, -0.25) is 24.1 Å².